The molecule has 1 aromatic carbocycles. The predicted octanol–water partition coefficient (Wildman–Crippen LogP) is 1.89. The number of carboxylic acids is 1. The largest absolute Gasteiger partial charge is 0.481 e. The summed E-state index contributed by atoms with van der Waals surface area (Å²) in [5, 5.41) is 28.3. The molecule has 1 fully saturated rings. The number of rotatable bonds is 5. The molecule has 24 heavy (non-hydrogen) atoms. The number of carbonyl (C=O) groups is 2. The van der Waals surface area contributed by atoms with Gasteiger partial charge in [0.2, 0.25) is 11.7 Å². The predicted molar refractivity (Wildman–Crippen MR) is 87.6 cm³/mol. The SMILES string of the molecule is O=C(O)CC1SC(=NN=Cc2cc(F)c([N+](=O)[O-])cc2Br)NC1=O. The average Bonchev–Trinajstić information content (AvgIpc) is 2.81. The van der Waals surface area contributed by atoms with Gasteiger partial charge < -0.3 is 10.4 Å². The van der Waals surface area contributed by atoms with E-state index in [4.69, 9.17) is 5.11 Å². The Morgan fingerprint density at radius 3 is 2.92 bits per heavy atom. The minimum atomic E-state index is -1.11. The average molecular weight is 419 g/mol. The van der Waals surface area contributed by atoms with Crippen LogP contribution in [0.2, 0.25) is 0 Å². The van der Waals surface area contributed by atoms with Crippen molar-refractivity contribution in [2.45, 2.75) is 11.7 Å². The Morgan fingerprint density at radius 2 is 2.29 bits per heavy atom. The van der Waals surface area contributed by atoms with Crippen molar-refractivity contribution in [3.8, 4) is 0 Å². The number of nitro groups is 1. The number of carbonyl (C=O) groups excluding carboxylic acids is 1. The lowest BCUT2D eigenvalue weighted by molar-refractivity contribution is -0.387. The highest BCUT2D eigenvalue weighted by molar-refractivity contribution is 9.10. The summed E-state index contributed by atoms with van der Waals surface area (Å²) in [5.74, 6) is -2.63. The van der Waals surface area contributed by atoms with Crippen LogP contribution in [0.3, 0.4) is 0 Å². The van der Waals surface area contributed by atoms with Crippen molar-refractivity contribution in [3.63, 3.8) is 0 Å². The van der Waals surface area contributed by atoms with E-state index < -0.39 is 33.6 Å². The number of amides is 1. The van der Waals surface area contributed by atoms with E-state index in [1.807, 2.05) is 0 Å². The van der Waals surface area contributed by atoms with Gasteiger partial charge >= 0.3 is 11.7 Å². The molecule has 1 saturated heterocycles. The van der Waals surface area contributed by atoms with Crippen molar-refractivity contribution in [1.29, 1.82) is 0 Å². The molecule has 0 aromatic heterocycles. The van der Waals surface area contributed by atoms with Gasteiger partial charge in [0.05, 0.1) is 17.6 Å². The standard InChI is InChI=1S/C12H8BrFN4O5S/c13-6-2-8(18(22)23)7(14)1-5(6)4-15-17-12-16-11(21)9(24-12)3-10(19)20/h1-2,4,9H,3H2,(H,19,20)(H,16,17,21). The highest BCUT2D eigenvalue weighted by Crippen LogP contribution is 2.26. The third-order valence-corrected chi connectivity index (χ3v) is 4.50. The van der Waals surface area contributed by atoms with Gasteiger partial charge in [-0.3, -0.25) is 19.7 Å². The lowest BCUT2D eigenvalue weighted by atomic mass is 10.2. The molecule has 9 nitrogen and oxygen atoms in total. The van der Waals surface area contributed by atoms with Gasteiger partial charge in [-0.25, -0.2) is 0 Å². The van der Waals surface area contributed by atoms with Crippen molar-refractivity contribution in [2.24, 2.45) is 10.2 Å². The normalized spacial score (nSPS) is 19.0. The fourth-order valence-electron chi connectivity index (χ4n) is 1.68. The molecule has 0 aliphatic carbocycles. The number of nitrogens with zero attached hydrogens (tertiary/aromatic N) is 3. The molecular formula is C12H8BrFN4O5S. The topological polar surface area (TPSA) is 134 Å². The summed E-state index contributed by atoms with van der Waals surface area (Å²) in [6.45, 7) is 0. The van der Waals surface area contributed by atoms with Gasteiger partial charge in [0.1, 0.15) is 5.25 Å². The fraction of sp³-hybridized carbons (Fsp3) is 0.167. The first-order chi connectivity index (χ1) is 11.3. The van der Waals surface area contributed by atoms with Gasteiger partial charge in [0, 0.05) is 16.1 Å². The summed E-state index contributed by atoms with van der Waals surface area (Å²) in [5.41, 5.74) is -0.473. The zero-order valence-electron chi connectivity index (χ0n) is 11.6. The Balaban J connectivity index is 2.12. The zero-order chi connectivity index (χ0) is 17.9. The number of halogens is 2. The zero-order valence-corrected chi connectivity index (χ0v) is 14.0. The number of benzene rings is 1. The maximum Gasteiger partial charge on any atom is 0.305 e. The number of amidine groups is 1. The van der Waals surface area contributed by atoms with E-state index in [2.05, 4.69) is 31.4 Å². The van der Waals surface area contributed by atoms with Crippen LogP contribution in [-0.2, 0) is 9.59 Å². The number of nitro benzene ring substituents is 1. The number of aliphatic carboxylic acids is 1. The van der Waals surface area contributed by atoms with E-state index in [1.54, 1.807) is 0 Å². The molecule has 1 heterocycles. The maximum absolute atomic E-state index is 13.6. The Labute approximate surface area is 146 Å². The Hall–Kier alpha value is -2.34. The molecule has 0 spiro atoms. The third-order valence-electron chi connectivity index (χ3n) is 2.74. The molecular weight excluding hydrogens is 411 g/mol. The molecule has 1 unspecified atom stereocenters. The smallest absolute Gasteiger partial charge is 0.305 e. The van der Waals surface area contributed by atoms with Crippen LogP contribution < -0.4 is 5.32 Å². The van der Waals surface area contributed by atoms with E-state index in [0.29, 0.717) is 0 Å². The van der Waals surface area contributed by atoms with Crippen LogP contribution >= 0.6 is 27.7 Å². The van der Waals surface area contributed by atoms with E-state index in [9.17, 15) is 24.1 Å². The van der Waals surface area contributed by atoms with Crippen LogP contribution in [-0.4, -0.2) is 38.5 Å². The van der Waals surface area contributed by atoms with Crippen molar-refractivity contribution in [1.82, 2.24) is 5.32 Å². The van der Waals surface area contributed by atoms with Gasteiger partial charge in [0.15, 0.2) is 5.17 Å². The summed E-state index contributed by atoms with van der Waals surface area (Å²) < 4.78 is 13.8. The first kappa shape index (κ1) is 18.0. The van der Waals surface area contributed by atoms with E-state index in [-0.39, 0.29) is 21.6 Å². The van der Waals surface area contributed by atoms with Gasteiger partial charge in [-0.05, 0) is 22.0 Å². The van der Waals surface area contributed by atoms with E-state index in [1.165, 1.54) is 0 Å². The third kappa shape index (κ3) is 4.35. The lowest BCUT2D eigenvalue weighted by Gasteiger charge is -1.99. The van der Waals surface area contributed by atoms with Crippen LogP contribution in [0.15, 0.2) is 26.8 Å². The highest BCUT2D eigenvalue weighted by atomic mass is 79.9. The van der Waals surface area contributed by atoms with Crippen molar-refractivity contribution >= 4 is 56.6 Å². The van der Waals surface area contributed by atoms with Crippen LogP contribution in [0.1, 0.15) is 12.0 Å². The van der Waals surface area contributed by atoms with Crippen LogP contribution in [0.4, 0.5) is 10.1 Å². The minimum Gasteiger partial charge on any atom is -0.481 e. The summed E-state index contributed by atoms with van der Waals surface area (Å²) in [7, 11) is 0. The first-order valence-electron chi connectivity index (χ1n) is 6.21. The molecule has 2 N–H and O–H groups in total. The summed E-state index contributed by atoms with van der Waals surface area (Å²) in [4.78, 5) is 31.9. The molecule has 0 saturated carbocycles. The van der Waals surface area contributed by atoms with Gasteiger partial charge in [-0.1, -0.05) is 11.8 Å². The number of thioether (sulfide) groups is 1. The Kier molecular flexibility index (Phi) is 5.62. The Morgan fingerprint density at radius 1 is 1.58 bits per heavy atom. The summed E-state index contributed by atoms with van der Waals surface area (Å²) in [6, 6.07) is 1.92. The highest BCUT2D eigenvalue weighted by Gasteiger charge is 2.32. The second kappa shape index (κ2) is 7.49. The van der Waals surface area contributed by atoms with Gasteiger partial charge in [-0.2, -0.15) is 9.49 Å². The number of carboxylic acid groups (broad SMARTS) is 1. The van der Waals surface area contributed by atoms with Gasteiger partial charge in [-0.15, -0.1) is 5.10 Å². The van der Waals surface area contributed by atoms with Crippen molar-refractivity contribution in [3.05, 3.63) is 38.1 Å². The van der Waals surface area contributed by atoms with E-state index in [0.717, 1.165) is 30.1 Å². The number of nitrogens with one attached hydrogen (secondary N) is 1. The molecule has 12 heteroatoms. The second-order valence-electron chi connectivity index (χ2n) is 4.43. The number of hydrogen-bond acceptors (Lipinski definition) is 7. The van der Waals surface area contributed by atoms with Crippen LogP contribution in [0.25, 0.3) is 0 Å². The van der Waals surface area contributed by atoms with Crippen LogP contribution in [0.5, 0.6) is 0 Å². The lowest BCUT2D eigenvalue weighted by Crippen LogP contribution is -2.26. The fourth-order valence-corrected chi connectivity index (χ4v) is 3.03. The van der Waals surface area contributed by atoms with E-state index >= 15 is 0 Å². The Bertz CT molecular complexity index is 785. The first-order valence-corrected chi connectivity index (χ1v) is 7.89. The molecule has 1 atom stereocenters. The molecule has 1 aliphatic rings. The molecule has 0 radical (unpaired) electrons. The quantitative estimate of drug-likeness (QED) is 0.425. The van der Waals surface area contributed by atoms with Crippen molar-refractivity contribution in [2.75, 3.05) is 0 Å². The molecule has 0 bridgehead atoms. The molecule has 1 amide bonds. The molecule has 1 aromatic rings. The molecule has 126 valence electrons. The molecule has 1 aliphatic heterocycles. The van der Waals surface area contributed by atoms with Gasteiger partial charge in [0.25, 0.3) is 0 Å². The number of hydrogen-bond donors (Lipinski definition) is 2. The molecule has 2 rings (SSSR count). The summed E-state index contributed by atoms with van der Waals surface area (Å²) >= 11 is 3.97. The second-order valence-corrected chi connectivity index (χ2v) is 6.47. The maximum atomic E-state index is 13.6. The monoisotopic (exact) mass is 418 g/mol. The van der Waals surface area contributed by atoms with Crippen molar-refractivity contribution < 1.29 is 24.0 Å². The summed E-state index contributed by atoms with van der Waals surface area (Å²) in [6.07, 6.45) is 0.791. The van der Waals surface area contributed by atoms with Crippen LogP contribution in [0, 0.1) is 15.9 Å². The minimum absolute atomic E-state index is 0.112.